The summed E-state index contributed by atoms with van der Waals surface area (Å²) in [4.78, 5) is 0. The van der Waals surface area contributed by atoms with Gasteiger partial charge < -0.3 is 5.11 Å². The van der Waals surface area contributed by atoms with Gasteiger partial charge in [-0.3, -0.25) is 0 Å². The van der Waals surface area contributed by atoms with Crippen LogP contribution in [0, 0.1) is 5.82 Å². The minimum absolute atomic E-state index is 0.267. The number of hydrogen-bond donors (Lipinski definition) is 1. The maximum Gasteiger partial charge on any atom is 0.125 e. The molecule has 18 heavy (non-hydrogen) atoms. The van der Waals surface area contributed by atoms with Crippen LogP contribution in [-0.4, -0.2) is 5.11 Å². The van der Waals surface area contributed by atoms with E-state index in [4.69, 9.17) is 23.2 Å². The van der Waals surface area contributed by atoms with Gasteiger partial charge in [-0.1, -0.05) is 41.4 Å². The van der Waals surface area contributed by atoms with Gasteiger partial charge in [0.2, 0.25) is 0 Å². The highest BCUT2D eigenvalue weighted by atomic mass is 35.5. The maximum atomic E-state index is 13.2. The molecule has 0 aliphatic carbocycles. The molecule has 1 unspecified atom stereocenters. The van der Waals surface area contributed by atoms with E-state index in [1.807, 2.05) is 18.2 Å². The van der Waals surface area contributed by atoms with E-state index in [9.17, 15) is 9.50 Å². The lowest BCUT2D eigenvalue weighted by molar-refractivity contribution is 0.178. The molecular weight excluding hydrogens is 274 g/mol. The smallest absolute Gasteiger partial charge is 0.125 e. The van der Waals surface area contributed by atoms with Crippen LogP contribution in [-0.2, 0) is 6.42 Å². The van der Waals surface area contributed by atoms with Gasteiger partial charge in [-0.15, -0.1) is 0 Å². The van der Waals surface area contributed by atoms with Gasteiger partial charge >= 0.3 is 0 Å². The van der Waals surface area contributed by atoms with E-state index in [0.29, 0.717) is 17.0 Å². The highest BCUT2D eigenvalue weighted by Gasteiger charge is 2.12. The fourth-order valence-electron chi connectivity index (χ4n) is 1.76. The first kappa shape index (κ1) is 13.3. The van der Waals surface area contributed by atoms with Gasteiger partial charge in [0.1, 0.15) is 5.82 Å². The maximum absolute atomic E-state index is 13.2. The summed E-state index contributed by atoms with van der Waals surface area (Å²) in [6.45, 7) is 0. The summed E-state index contributed by atoms with van der Waals surface area (Å²) in [6, 6.07) is 11.3. The van der Waals surface area contributed by atoms with Gasteiger partial charge in [-0.2, -0.15) is 0 Å². The molecule has 0 spiro atoms. The van der Waals surface area contributed by atoms with Crippen LogP contribution in [0.4, 0.5) is 4.39 Å². The third kappa shape index (κ3) is 3.22. The topological polar surface area (TPSA) is 20.2 Å². The van der Waals surface area contributed by atoms with Crippen molar-refractivity contribution >= 4 is 23.2 Å². The normalized spacial score (nSPS) is 12.4. The summed E-state index contributed by atoms with van der Waals surface area (Å²) in [6.07, 6.45) is -0.516. The number of benzene rings is 2. The lowest BCUT2D eigenvalue weighted by Crippen LogP contribution is -2.02. The van der Waals surface area contributed by atoms with Gasteiger partial charge in [0, 0.05) is 16.5 Å². The summed E-state index contributed by atoms with van der Waals surface area (Å²) in [7, 11) is 0. The highest BCUT2D eigenvalue weighted by Crippen LogP contribution is 2.25. The molecule has 0 aromatic heterocycles. The summed E-state index contributed by atoms with van der Waals surface area (Å²) in [5, 5.41) is 10.9. The summed E-state index contributed by atoms with van der Waals surface area (Å²) < 4.78 is 13.2. The van der Waals surface area contributed by atoms with Crippen molar-refractivity contribution < 1.29 is 9.50 Å². The minimum Gasteiger partial charge on any atom is -0.388 e. The Kier molecular flexibility index (Phi) is 4.23. The van der Waals surface area contributed by atoms with Crippen molar-refractivity contribution in [1.82, 2.24) is 0 Å². The number of rotatable bonds is 3. The molecule has 2 rings (SSSR count). The summed E-state index contributed by atoms with van der Waals surface area (Å²) in [5.74, 6) is -0.462. The zero-order valence-corrected chi connectivity index (χ0v) is 10.9. The first-order chi connectivity index (χ1) is 8.56. The Morgan fingerprint density at radius 2 is 1.83 bits per heavy atom. The molecule has 0 fully saturated rings. The van der Waals surface area contributed by atoms with Gasteiger partial charge in [-0.25, -0.2) is 4.39 Å². The molecule has 0 aliphatic heterocycles. The number of aliphatic hydroxyl groups excluding tert-OH is 1. The van der Waals surface area contributed by atoms with Crippen LogP contribution < -0.4 is 0 Å². The Balaban J connectivity index is 2.22. The second kappa shape index (κ2) is 5.70. The van der Waals surface area contributed by atoms with E-state index < -0.39 is 11.9 Å². The zero-order valence-electron chi connectivity index (χ0n) is 9.41. The lowest BCUT2D eigenvalue weighted by atomic mass is 10.0. The fraction of sp³-hybridized carbons (Fsp3) is 0.143. The SMILES string of the molecule is OC(Cc1ccccc1Cl)c1cc(F)cc(Cl)c1. The second-order valence-corrected chi connectivity index (χ2v) is 4.86. The minimum atomic E-state index is -0.835. The molecule has 0 aliphatic rings. The van der Waals surface area contributed by atoms with E-state index in [2.05, 4.69) is 0 Å². The molecule has 2 aromatic carbocycles. The number of hydrogen-bond acceptors (Lipinski definition) is 1. The number of halogens is 3. The molecule has 0 saturated heterocycles. The van der Waals surface area contributed by atoms with E-state index >= 15 is 0 Å². The quantitative estimate of drug-likeness (QED) is 0.885. The van der Waals surface area contributed by atoms with Gasteiger partial charge in [0.15, 0.2) is 0 Å². The summed E-state index contributed by atoms with van der Waals surface area (Å²) >= 11 is 11.8. The molecule has 0 radical (unpaired) electrons. The lowest BCUT2D eigenvalue weighted by Gasteiger charge is -2.12. The Labute approximate surface area is 115 Å². The predicted molar refractivity (Wildman–Crippen MR) is 71.5 cm³/mol. The Morgan fingerprint density at radius 1 is 1.11 bits per heavy atom. The van der Waals surface area contributed by atoms with Gasteiger partial charge in [0.25, 0.3) is 0 Å². The van der Waals surface area contributed by atoms with Crippen LogP contribution in [0.5, 0.6) is 0 Å². The van der Waals surface area contributed by atoms with E-state index in [1.54, 1.807) is 12.1 Å². The van der Waals surface area contributed by atoms with Crippen LogP contribution in [0.2, 0.25) is 10.0 Å². The van der Waals surface area contributed by atoms with Crippen LogP contribution in [0.15, 0.2) is 42.5 Å². The molecule has 2 aromatic rings. The fourth-order valence-corrected chi connectivity index (χ4v) is 2.20. The molecule has 0 saturated carbocycles. The molecule has 0 bridgehead atoms. The molecule has 94 valence electrons. The van der Waals surface area contributed by atoms with Crippen LogP contribution >= 0.6 is 23.2 Å². The van der Waals surface area contributed by atoms with Crippen LogP contribution in [0.1, 0.15) is 17.2 Å². The molecule has 0 amide bonds. The molecule has 0 heterocycles. The standard InChI is InChI=1S/C14H11Cl2FO/c15-11-5-10(6-12(17)8-11)14(18)7-9-3-1-2-4-13(9)16/h1-6,8,14,18H,7H2. The average Bonchev–Trinajstić information content (AvgIpc) is 2.31. The van der Waals surface area contributed by atoms with Crippen molar-refractivity contribution in [1.29, 1.82) is 0 Å². The van der Waals surface area contributed by atoms with E-state index in [-0.39, 0.29) is 5.02 Å². The molecule has 1 nitrogen and oxygen atoms in total. The van der Waals surface area contributed by atoms with Gasteiger partial charge in [0.05, 0.1) is 6.10 Å². The van der Waals surface area contributed by atoms with Gasteiger partial charge in [-0.05, 0) is 35.4 Å². The molecule has 1 N–H and O–H groups in total. The molecule has 1 atom stereocenters. The molecule has 4 heteroatoms. The largest absolute Gasteiger partial charge is 0.388 e. The van der Waals surface area contributed by atoms with Crippen molar-refractivity contribution in [2.24, 2.45) is 0 Å². The van der Waals surface area contributed by atoms with E-state index in [0.717, 1.165) is 5.56 Å². The monoisotopic (exact) mass is 284 g/mol. The van der Waals surface area contributed by atoms with Crippen LogP contribution in [0.3, 0.4) is 0 Å². The zero-order chi connectivity index (χ0) is 13.1. The van der Waals surface area contributed by atoms with Crippen molar-refractivity contribution in [3.05, 3.63) is 69.5 Å². The van der Waals surface area contributed by atoms with Crippen molar-refractivity contribution in [3.8, 4) is 0 Å². The highest BCUT2D eigenvalue weighted by molar-refractivity contribution is 6.31. The third-order valence-electron chi connectivity index (χ3n) is 2.64. The Morgan fingerprint density at radius 3 is 2.50 bits per heavy atom. The van der Waals surface area contributed by atoms with Crippen molar-refractivity contribution in [2.45, 2.75) is 12.5 Å². The number of aliphatic hydroxyl groups is 1. The average molecular weight is 285 g/mol. The third-order valence-corrected chi connectivity index (χ3v) is 3.23. The van der Waals surface area contributed by atoms with Crippen LogP contribution in [0.25, 0.3) is 0 Å². The second-order valence-electron chi connectivity index (χ2n) is 4.01. The first-order valence-corrected chi connectivity index (χ1v) is 6.19. The van der Waals surface area contributed by atoms with Crippen molar-refractivity contribution in [3.63, 3.8) is 0 Å². The van der Waals surface area contributed by atoms with Crippen molar-refractivity contribution in [2.75, 3.05) is 0 Å². The molecular formula is C14H11Cl2FO. The Bertz CT molecular complexity index is 537. The van der Waals surface area contributed by atoms with E-state index in [1.165, 1.54) is 12.1 Å². The Hall–Kier alpha value is -1.09. The summed E-state index contributed by atoms with van der Waals surface area (Å²) in [5.41, 5.74) is 1.26. The first-order valence-electron chi connectivity index (χ1n) is 5.44. The predicted octanol–water partition coefficient (Wildman–Crippen LogP) is 4.41.